The van der Waals surface area contributed by atoms with Gasteiger partial charge < -0.3 is 4.42 Å². The fraction of sp³-hybridized carbons (Fsp3) is 0.375. The van der Waals surface area contributed by atoms with Gasteiger partial charge in [0, 0.05) is 24.8 Å². The summed E-state index contributed by atoms with van der Waals surface area (Å²) in [6, 6.07) is 0. The highest BCUT2D eigenvalue weighted by molar-refractivity contribution is 5.85. The van der Waals surface area contributed by atoms with E-state index in [4.69, 9.17) is 0 Å². The molecule has 0 saturated carbocycles. The van der Waals surface area contributed by atoms with Crippen molar-refractivity contribution >= 4 is 5.71 Å². The first kappa shape index (κ1) is 10.2. The Bertz CT molecular complexity index is 401. The Morgan fingerprint density at radius 2 is 2.21 bits per heavy atom. The third-order valence-corrected chi connectivity index (χ3v) is 1.42. The first-order valence-corrected chi connectivity index (χ1v) is 4.07. The molecular weight excluding hydrogens is 184 g/mol. The Kier molecular flexibility index (Phi) is 3.22. The van der Waals surface area contributed by atoms with Crippen molar-refractivity contribution in [3.63, 3.8) is 0 Å². The molecule has 0 aliphatic carbocycles. The number of aryl methyl sites for hydroxylation is 1. The normalized spacial score (nSPS) is 14.1. The van der Waals surface area contributed by atoms with Crippen molar-refractivity contribution in [1.29, 1.82) is 0 Å². The molecule has 0 saturated heterocycles. The van der Waals surface area contributed by atoms with E-state index in [0.717, 1.165) is 17.8 Å². The second-order valence-electron chi connectivity index (χ2n) is 2.87. The summed E-state index contributed by atoms with van der Waals surface area (Å²) in [5.41, 5.74) is 4.88. The Labute approximate surface area is 80.7 Å². The Morgan fingerprint density at radius 3 is 2.36 bits per heavy atom. The van der Waals surface area contributed by atoms with Crippen molar-refractivity contribution in [2.75, 3.05) is 0 Å². The molecule has 6 heteroatoms. The van der Waals surface area contributed by atoms with Crippen LogP contribution in [0.5, 0.6) is 0 Å². The van der Waals surface area contributed by atoms with Crippen molar-refractivity contribution in [2.45, 2.75) is 20.3 Å². The zero-order valence-corrected chi connectivity index (χ0v) is 8.13. The number of hydrogen-bond donors (Lipinski definition) is 2. The predicted octanol–water partition coefficient (Wildman–Crippen LogP) is 0.541. The maximum Gasteiger partial charge on any atom is 0.434 e. The summed E-state index contributed by atoms with van der Waals surface area (Å²) in [6.45, 7) is 7.25. The predicted molar refractivity (Wildman–Crippen MR) is 51.9 cm³/mol. The number of hydrazone groups is 1. The molecule has 1 aromatic heterocycles. The lowest BCUT2D eigenvalue weighted by molar-refractivity contribution is 0.483. The summed E-state index contributed by atoms with van der Waals surface area (Å²) >= 11 is 0. The molecule has 2 rings (SSSR count). The van der Waals surface area contributed by atoms with Crippen LogP contribution in [0.25, 0.3) is 0 Å². The van der Waals surface area contributed by atoms with Crippen molar-refractivity contribution in [2.24, 2.45) is 5.10 Å². The number of nitrogens with one attached hydrogen (secondary N) is 2. The highest BCUT2D eigenvalue weighted by Crippen LogP contribution is 2.01. The Balaban J connectivity index is 0.000000140. The number of H-pyrrole nitrogens is 1. The van der Waals surface area contributed by atoms with Gasteiger partial charge in [-0.25, -0.2) is 9.89 Å². The number of hydrogen-bond acceptors (Lipinski definition) is 5. The van der Waals surface area contributed by atoms with E-state index in [0.29, 0.717) is 5.89 Å². The maximum absolute atomic E-state index is 10.0. The molecule has 0 spiro atoms. The number of allylic oxidation sites excluding steroid dienone is 1. The Hall–Kier alpha value is -1.85. The van der Waals surface area contributed by atoms with Crippen LogP contribution >= 0.6 is 0 Å². The van der Waals surface area contributed by atoms with Crippen molar-refractivity contribution in [3.8, 4) is 0 Å². The van der Waals surface area contributed by atoms with Gasteiger partial charge in [-0.3, -0.25) is 5.43 Å². The van der Waals surface area contributed by atoms with Gasteiger partial charge in [0.1, 0.15) is 0 Å². The van der Waals surface area contributed by atoms with Gasteiger partial charge in [-0.1, -0.05) is 6.58 Å². The fourth-order valence-corrected chi connectivity index (χ4v) is 0.867. The van der Waals surface area contributed by atoms with E-state index in [9.17, 15) is 4.79 Å². The third kappa shape index (κ3) is 3.26. The second-order valence-corrected chi connectivity index (χ2v) is 2.87. The molecule has 1 aliphatic rings. The molecule has 0 unspecified atom stereocenters. The molecule has 1 aliphatic heterocycles. The van der Waals surface area contributed by atoms with Crippen LogP contribution in [0.3, 0.4) is 0 Å². The molecular formula is C8H12N4O2. The van der Waals surface area contributed by atoms with Crippen LogP contribution in [0.4, 0.5) is 0 Å². The lowest BCUT2D eigenvalue weighted by Crippen LogP contribution is -1.93. The van der Waals surface area contributed by atoms with Gasteiger partial charge in [-0.15, -0.1) is 5.10 Å². The SMILES string of the molecule is C=C1CC(C)=NN1.Cc1n[nH]c(=O)o1. The molecule has 2 N–H and O–H groups in total. The molecule has 76 valence electrons. The molecule has 0 amide bonds. The summed E-state index contributed by atoms with van der Waals surface area (Å²) in [7, 11) is 0. The standard InChI is InChI=1S/C5H8N2.C3H4N2O2/c1-4-3-5(2)7-6-4;1-2-4-5-3(6)7-2/h6H,1,3H2,2H3;1H3,(H,5,6). The first-order chi connectivity index (χ1) is 6.58. The van der Waals surface area contributed by atoms with Crippen LogP contribution in [-0.4, -0.2) is 15.9 Å². The Morgan fingerprint density at radius 1 is 1.50 bits per heavy atom. The minimum absolute atomic E-state index is 0.366. The average molecular weight is 196 g/mol. The minimum atomic E-state index is -0.502. The van der Waals surface area contributed by atoms with Crippen LogP contribution < -0.4 is 11.2 Å². The van der Waals surface area contributed by atoms with E-state index >= 15 is 0 Å². The highest BCUT2D eigenvalue weighted by atomic mass is 16.4. The summed E-state index contributed by atoms with van der Waals surface area (Å²) in [5, 5.41) is 9.39. The number of aromatic amines is 1. The van der Waals surface area contributed by atoms with Gasteiger partial charge in [0.25, 0.3) is 0 Å². The third-order valence-electron chi connectivity index (χ3n) is 1.42. The number of rotatable bonds is 0. The van der Waals surface area contributed by atoms with Crippen molar-refractivity contribution < 1.29 is 4.42 Å². The average Bonchev–Trinajstić information content (AvgIpc) is 2.63. The fourth-order valence-electron chi connectivity index (χ4n) is 0.867. The van der Waals surface area contributed by atoms with Gasteiger partial charge in [0.15, 0.2) is 0 Å². The van der Waals surface area contributed by atoms with E-state index < -0.39 is 5.76 Å². The minimum Gasteiger partial charge on any atom is -0.393 e. The van der Waals surface area contributed by atoms with Gasteiger partial charge in [-0.05, 0) is 6.92 Å². The molecule has 2 heterocycles. The van der Waals surface area contributed by atoms with E-state index in [-0.39, 0.29) is 0 Å². The zero-order valence-electron chi connectivity index (χ0n) is 8.13. The van der Waals surface area contributed by atoms with Gasteiger partial charge in [0.2, 0.25) is 5.89 Å². The van der Waals surface area contributed by atoms with Gasteiger partial charge in [0.05, 0.1) is 0 Å². The molecule has 0 fully saturated rings. The summed E-state index contributed by atoms with van der Waals surface area (Å²) < 4.78 is 4.36. The second kappa shape index (κ2) is 4.40. The van der Waals surface area contributed by atoms with Crippen molar-refractivity contribution in [1.82, 2.24) is 15.6 Å². The molecule has 0 bridgehead atoms. The highest BCUT2D eigenvalue weighted by Gasteiger charge is 2.01. The quantitative estimate of drug-likeness (QED) is 0.634. The maximum atomic E-state index is 10.0. The van der Waals surface area contributed by atoms with E-state index in [2.05, 4.69) is 31.7 Å². The van der Waals surface area contributed by atoms with Crippen LogP contribution in [0.1, 0.15) is 19.2 Å². The number of nitrogens with zero attached hydrogens (tertiary/aromatic N) is 2. The van der Waals surface area contributed by atoms with Crippen LogP contribution in [0.15, 0.2) is 26.6 Å². The lowest BCUT2D eigenvalue weighted by Gasteiger charge is -1.85. The topological polar surface area (TPSA) is 83.3 Å². The van der Waals surface area contributed by atoms with Crippen LogP contribution in [-0.2, 0) is 0 Å². The lowest BCUT2D eigenvalue weighted by atomic mass is 10.3. The van der Waals surface area contributed by atoms with Crippen LogP contribution in [0.2, 0.25) is 0 Å². The molecule has 0 atom stereocenters. The van der Waals surface area contributed by atoms with E-state index in [1.54, 1.807) is 6.92 Å². The summed E-state index contributed by atoms with van der Waals surface area (Å²) in [5.74, 6) is -0.137. The van der Waals surface area contributed by atoms with Gasteiger partial charge in [-0.2, -0.15) is 5.10 Å². The summed E-state index contributed by atoms with van der Waals surface area (Å²) in [6.07, 6.45) is 0.917. The van der Waals surface area contributed by atoms with Crippen molar-refractivity contribution in [3.05, 3.63) is 28.7 Å². The van der Waals surface area contributed by atoms with Crippen LogP contribution in [0, 0.1) is 6.92 Å². The summed E-state index contributed by atoms with van der Waals surface area (Å²) in [4.78, 5) is 10.0. The first-order valence-electron chi connectivity index (χ1n) is 4.07. The zero-order chi connectivity index (χ0) is 10.6. The smallest absolute Gasteiger partial charge is 0.393 e. The molecule has 14 heavy (non-hydrogen) atoms. The monoisotopic (exact) mass is 196 g/mol. The molecule has 1 aromatic rings. The van der Waals surface area contributed by atoms with E-state index in [1.165, 1.54) is 0 Å². The van der Waals surface area contributed by atoms with E-state index in [1.807, 2.05) is 6.92 Å². The molecule has 0 aromatic carbocycles. The van der Waals surface area contributed by atoms with Gasteiger partial charge >= 0.3 is 5.76 Å². The molecule has 6 nitrogen and oxygen atoms in total. The molecule has 0 radical (unpaired) electrons. The number of aromatic nitrogens is 2. The largest absolute Gasteiger partial charge is 0.434 e.